The Morgan fingerprint density at radius 1 is 1.57 bits per heavy atom. The summed E-state index contributed by atoms with van der Waals surface area (Å²) < 4.78 is 0. The second-order valence-electron chi connectivity index (χ2n) is 2.07. The molecule has 3 heteroatoms. The average Bonchev–Trinajstić information content (AvgIpc) is 1.91. The molecule has 1 heterocycles. The van der Waals surface area contributed by atoms with Crippen molar-refractivity contribution in [2.75, 3.05) is 0 Å². The Labute approximate surface area is 43.3 Å². The zero-order chi connectivity index (χ0) is 5.28. The van der Waals surface area contributed by atoms with Crippen LogP contribution in [0.25, 0.3) is 0 Å². The number of hydrogen-bond donors (Lipinski definition) is 2. The molecule has 1 aliphatic rings. The molecule has 2 N–H and O–H groups in total. The van der Waals surface area contributed by atoms with Crippen LogP contribution in [0.4, 0.5) is 0 Å². The highest BCUT2D eigenvalue weighted by Gasteiger charge is 2.27. The molecule has 0 bridgehead atoms. The van der Waals surface area contributed by atoms with Gasteiger partial charge in [-0.1, -0.05) is 6.42 Å². The predicted octanol–water partition coefficient (Wildman–Crippen LogP) is -0.336. The molecule has 1 atom stereocenters. The summed E-state index contributed by atoms with van der Waals surface area (Å²) in [7, 11) is 0. The lowest BCUT2D eigenvalue weighted by Crippen LogP contribution is -2.23. The smallest absolute Gasteiger partial charge is 0.318 e. The minimum absolute atomic E-state index is 0.431. The third-order valence-corrected chi connectivity index (χ3v) is 1.44. The van der Waals surface area contributed by atoms with Crippen LogP contribution >= 0.6 is 0 Å². The van der Waals surface area contributed by atoms with Crippen LogP contribution < -0.4 is 0 Å². The van der Waals surface area contributed by atoms with Crippen LogP contribution in [0.15, 0.2) is 0 Å². The van der Waals surface area contributed by atoms with Gasteiger partial charge in [-0.25, -0.2) is 0 Å². The second-order valence-corrected chi connectivity index (χ2v) is 2.07. The number of aliphatic hydroxyl groups excluding tert-OH is 1. The fourth-order valence-electron chi connectivity index (χ4n) is 0.921. The van der Waals surface area contributed by atoms with E-state index in [4.69, 9.17) is 10.1 Å². The number of aliphatic hydroxyl groups is 1. The standard InChI is InChI=1S/C4H9BO2/c6-4-2-1-3-5(4)7/h4,6-7H,1-3H2. The van der Waals surface area contributed by atoms with Gasteiger partial charge >= 0.3 is 6.92 Å². The molecule has 1 saturated heterocycles. The van der Waals surface area contributed by atoms with Crippen molar-refractivity contribution >= 4 is 6.92 Å². The third kappa shape index (κ3) is 0.953. The van der Waals surface area contributed by atoms with Crippen LogP contribution in [-0.4, -0.2) is 23.0 Å². The molecule has 0 aromatic heterocycles. The van der Waals surface area contributed by atoms with Crippen molar-refractivity contribution in [3.63, 3.8) is 0 Å². The molecule has 0 saturated carbocycles. The van der Waals surface area contributed by atoms with Crippen LogP contribution in [-0.2, 0) is 0 Å². The van der Waals surface area contributed by atoms with E-state index in [1.54, 1.807) is 0 Å². The molecule has 7 heavy (non-hydrogen) atoms. The Morgan fingerprint density at radius 3 is 2.43 bits per heavy atom. The Morgan fingerprint density at radius 2 is 2.29 bits per heavy atom. The molecule has 2 nitrogen and oxygen atoms in total. The van der Waals surface area contributed by atoms with Crippen molar-refractivity contribution < 1.29 is 10.1 Å². The van der Waals surface area contributed by atoms with Crippen LogP contribution in [0.2, 0.25) is 6.32 Å². The van der Waals surface area contributed by atoms with E-state index in [2.05, 4.69) is 0 Å². The second kappa shape index (κ2) is 1.84. The number of rotatable bonds is 0. The van der Waals surface area contributed by atoms with E-state index in [0.29, 0.717) is 0 Å². The van der Waals surface area contributed by atoms with E-state index >= 15 is 0 Å². The topological polar surface area (TPSA) is 40.5 Å². The maximum Gasteiger partial charge on any atom is 0.318 e. The summed E-state index contributed by atoms with van der Waals surface area (Å²) in [5.74, 6) is 0. The molecule has 1 fully saturated rings. The van der Waals surface area contributed by atoms with Crippen molar-refractivity contribution in [1.29, 1.82) is 0 Å². The van der Waals surface area contributed by atoms with Crippen LogP contribution in [0, 0.1) is 0 Å². The quantitative estimate of drug-likeness (QED) is 0.409. The van der Waals surface area contributed by atoms with Gasteiger partial charge < -0.3 is 10.1 Å². The van der Waals surface area contributed by atoms with Crippen LogP contribution in [0.5, 0.6) is 0 Å². The SMILES string of the molecule is OB1CCCC1O. The fraction of sp³-hybridized carbons (Fsp3) is 1.00. The van der Waals surface area contributed by atoms with E-state index in [1.807, 2.05) is 0 Å². The van der Waals surface area contributed by atoms with Crippen molar-refractivity contribution in [2.45, 2.75) is 25.2 Å². The third-order valence-electron chi connectivity index (χ3n) is 1.44. The van der Waals surface area contributed by atoms with Gasteiger partial charge in [-0.3, -0.25) is 0 Å². The highest BCUT2D eigenvalue weighted by Crippen LogP contribution is 2.15. The monoisotopic (exact) mass is 100 g/mol. The van der Waals surface area contributed by atoms with Gasteiger partial charge in [0.05, 0.1) is 6.00 Å². The van der Waals surface area contributed by atoms with Gasteiger partial charge in [0, 0.05) is 0 Å². The summed E-state index contributed by atoms with van der Waals surface area (Å²) in [6.07, 6.45) is 2.53. The number of hydrogen-bond acceptors (Lipinski definition) is 2. The molecule has 0 amide bonds. The highest BCUT2D eigenvalue weighted by atomic mass is 16.3. The molecule has 0 aromatic carbocycles. The van der Waals surface area contributed by atoms with E-state index < -0.39 is 12.9 Å². The predicted molar refractivity (Wildman–Crippen MR) is 28.0 cm³/mol. The molecule has 1 aliphatic heterocycles. The maximum absolute atomic E-state index is 8.75. The van der Waals surface area contributed by atoms with E-state index in [0.717, 1.165) is 19.2 Å². The Hall–Kier alpha value is -0.0151. The first-order valence-electron chi connectivity index (χ1n) is 2.67. The minimum Gasteiger partial charge on any atom is -0.448 e. The summed E-state index contributed by atoms with van der Waals surface area (Å²) >= 11 is 0. The average molecular weight is 99.9 g/mol. The first-order chi connectivity index (χ1) is 3.30. The largest absolute Gasteiger partial charge is 0.448 e. The molecular formula is C4H9BO2. The zero-order valence-electron chi connectivity index (χ0n) is 4.17. The molecular weight excluding hydrogens is 90.9 g/mol. The van der Waals surface area contributed by atoms with E-state index in [9.17, 15) is 0 Å². The molecule has 1 rings (SSSR count). The van der Waals surface area contributed by atoms with E-state index in [1.165, 1.54) is 0 Å². The summed E-state index contributed by atoms with van der Waals surface area (Å²) in [6, 6.07) is -0.431. The summed E-state index contributed by atoms with van der Waals surface area (Å²) in [5, 5.41) is 17.5. The van der Waals surface area contributed by atoms with Crippen molar-refractivity contribution in [3.8, 4) is 0 Å². The lowest BCUT2D eigenvalue weighted by Gasteiger charge is -1.98. The summed E-state index contributed by atoms with van der Waals surface area (Å²) in [5.41, 5.74) is 0. The van der Waals surface area contributed by atoms with Crippen molar-refractivity contribution in [1.82, 2.24) is 0 Å². The van der Waals surface area contributed by atoms with Crippen LogP contribution in [0.1, 0.15) is 12.8 Å². The van der Waals surface area contributed by atoms with Crippen molar-refractivity contribution in [3.05, 3.63) is 0 Å². The Kier molecular flexibility index (Phi) is 1.35. The lowest BCUT2D eigenvalue weighted by molar-refractivity contribution is 0.233. The normalized spacial score (nSPS) is 31.7. The highest BCUT2D eigenvalue weighted by molar-refractivity contribution is 6.52. The fourth-order valence-corrected chi connectivity index (χ4v) is 0.921. The first-order valence-corrected chi connectivity index (χ1v) is 2.67. The van der Waals surface area contributed by atoms with Gasteiger partial charge in [-0.15, -0.1) is 0 Å². The molecule has 40 valence electrons. The molecule has 0 aromatic rings. The zero-order valence-corrected chi connectivity index (χ0v) is 4.17. The van der Waals surface area contributed by atoms with Gasteiger partial charge in [-0.05, 0) is 12.7 Å². The minimum atomic E-state index is -0.431. The summed E-state index contributed by atoms with van der Waals surface area (Å²) in [6.45, 7) is -0.431. The van der Waals surface area contributed by atoms with Gasteiger partial charge in [0.25, 0.3) is 0 Å². The first kappa shape index (κ1) is 5.13. The molecule has 0 aliphatic carbocycles. The van der Waals surface area contributed by atoms with E-state index in [-0.39, 0.29) is 0 Å². The van der Waals surface area contributed by atoms with Crippen LogP contribution in [0.3, 0.4) is 0 Å². The Balaban J connectivity index is 2.33. The van der Waals surface area contributed by atoms with Gasteiger partial charge in [0.1, 0.15) is 0 Å². The van der Waals surface area contributed by atoms with Crippen molar-refractivity contribution in [2.24, 2.45) is 0 Å². The van der Waals surface area contributed by atoms with Gasteiger partial charge in [-0.2, -0.15) is 0 Å². The lowest BCUT2D eigenvalue weighted by atomic mass is 9.65. The summed E-state index contributed by atoms with van der Waals surface area (Å²) in [4.78, 5) is 0. The Bertz CT molecular complexity index is 58.7. The van der Waals surface area contributed by atoms with Gasteiger partial charge in [0.15, 0.2) is 0 Å². The van der Waals surface area contributed by atoms with Gasteiger partial charge in [0.2, 0.25) is 0 Å². The molecule has 1 unspecified atom stereocenters. The maximum atomic E-state index is 8.75. The molecule has 0 spiro atoms. The molecule has 0 radical (unpaired) electrons.